The van der Waals surface area contributed by atoms with Gasteiger partial charge in [0.05, 0.1) is 22.8 Å². The molecular formula is C130H104N4. The standard InChI is InChI=1S/2C65H52N2/c1-64(2)56-27-17-15-25-52(56)54-39-37-50(41-58(54)64)67(51-38-40-55-53-26-16-18-28-57(53)65(3,4)59(55)42-51)49-35-33-44(34-36-49)43-29-31-46(32-30-43)61-60(45-19-9-6-10-20-45)62(47-21-11-7-12-22-47)66(5)63(61)48-23-13-8-14-24-48;1-64(2)56-27-17-15-25-52(56)54-39-37-50(41-58(54)64)67(51-38-40-55-53-26-16-18-28-57(53)65(3,4)59(55)42-51)49-35-33-44(34-36-49)43-29-31-48(32-30-43)63-61(46-21-11-7-12-22-46)60(45-19-9-6-10-20-45)62(66(63)5)47-23-13-8-14-24-47/h2*6-42H,1-5H3. The molecule has 2 aromatic heterocycles. The highest BCUT2D eigenvalue weighted by Gasteiger charge is 2.42. The van der Waals surface area contributed by atoms with E-state index in [1.165, 1.54) is 201 Å². The molecule has 20 aromatic rings. The van der Waals surface area contributed by atoms with Crippen LogP contribution in [-0.4, -0.2) is 9.13 Å². The second-order valence-electron chi connectivity index (χ2n) is 38.7. The van der Waals surface area contributed by atoms with E-state index in [0.29, 0.717) is 0 Å². The number of rotatable bonds is 16. The SMILES string of the molecule is Cn1c(-c2ccccc2)c(-c2ccccc2)c(-c2ccc(-c3ccc(N(c4ccc5c(c4)C(C)(C)c4ccccc4-5)c4ccc5c(c4)C(C)(C)c4ccccc4-5)cc3)cc2)c1-c1ccccc1.Cn1c(-c2ccccc2)c(-c2ccccc2)c(-c2ccccc2)c1-c1ccc(-c2ccc(N(c3ccc4c(c3)C(C)(C)c3ccccc3-4)c3ccc4c(c3)C(C)(C)c3ccccc3-4)cc2)cc1. The Balaban J connectivity index is 0.000000151. The molecule has 0 amide bonds. The predicted molar refractivity (Wildman–Crippen MR) is 565 cm³/mol. The largest absolute Gasteiger partial charge is 0.343 e. The molecular weight excluding hydrogens is 1620 g/mol. The Bertz CT molecular complexity index is 7620. The molecule has 0 spiro atoms. The van der Waals surface area contributed by atoms with Crippen molar-refractivity contribution in [3.8, 4) is 156 Å². The van der Waals surface area contributed by atoms with Crippen LogP contribution in [0.15, 0.2) is 449 Å². The van der Waals surface area contributed by atoms with Crippen molar-refractivity contribution in [1.29, 1.82) is 0 Å². The zero-order chi connectivity index (χ0) is 90.9. The smallest absolute Gasteiger partial charge is 0.0568 e. The van der Waals surface area contributed by atoms with Crippen molar-refractivity contribution in [3.63, 3.8) is 0 Å². The van der Waals surface area contributed by atoms with Gasteiger partial charge >= 0.3 is 0 Å². The molecule has 4 nitrogen and oxygen atoms in total. The molecule has 24 rings (SSSR count). The van der Waals surface area contributed by atoms with Gasteiger partial charge in [0.2, 0.25) is 0 Å². The first-order valence-corrected chi connectivity index (χ1v) is 47.1. The summed E-state index contributed by atoms with van der Waals surface area (Å²) in [6.07, 6.45) is 0. The summed E-state index contributed by atoms with van der Waals surface area (Å²) in [6, 6.07) is 166. The van der Waals surface area contributed by atoms with Crippen molar-refractivity contribution in [2.24, 2.45) is 14.1 Å². The molecule has 134 heavy (non-hydrogen) atoms. The molecule has 4 aliphatic rings. The van der Waals surface area contributed by atoms with Crippen LogP contribution in [0.5, 0.6) is 0 Å². The first-order chi connectivity index (χ1) is 65.4. The molecule has 4 aliphatic carbocycles. The first-order valence-electron chi connectivity index (χ1n) is 47.1. The van der Waals surface area contributed by atoms with E-state index in [0.717, 1.165) is 34.1 Å². The highest BCUT2D eigenvalue weighted by atomic mass is 15.1. The zero-order valence-corrected chi connectivity index (χ0v) is 77.5. The van der Waals surface area contributed by atoms with Gasteiger partial charge in [-0.05, 0) is 229 Å². The molecule has 0 bridgehead atoms. The van der Waals surface area contributed by atoms with Crippen LogP contribution in [0.1, 0.15) is 99.9 Å². The molecule has 644 valence electrons. The van der Waals surface area contributed by atoms with Gasteiger partial charge in [0.25, 0.3) is 0 Å². The average Bonchev–Trinajstić information content (AvgIpc) is 1.57. The predicted octanol–water partition coefficient (Wildman–Crippen LogP) is 34.9. The Kier molecular flexibility index (Phi) is 20.1. The van der Waals surface area contributed by atoms with E-state index >= 15 is 0 Å². The van der Waals surface area contributed by atoms with Crippen LogP contribution >= 0.6 is 0 Å². The molecule has 0 radical (unpaired) electrons. The maximum atomic E-state index is 2.46. The Morgan fingerprint density at radius 1 is 0.149 bits per heavy atom. The Labute approximate surface area is 788 Å². The van der Waals surface area contributed by atoms with E-state index in [2.05, 4.69) is 537 Å². The summed E-state index contributed by atoms with van der Waals surface area (Å²) in [6.45, 7) is 18.9. The average molecular weight is 1720 g/mol. The quantitative estimate of drug-likeness (QED) is 0.0959. The number of benzene rings is 18. The molecule has 2 heterocycles. The number of aromatic nitrogens is 2. The highest BCUT2D eigenvalue weighted by molar-refractivity contribution is 6.05. The lowest BCUT2D eigenvalue weighted by Crippen LogP contribution is -2.18. The summed E-state index contributed by atoms with van der Waals surface area (Å²) in [5.41, 5.74) is 52.1. The highest BCUT2D eigenvalue weighted by Crippen LogP contribution is 2.58. The Morgan fingerprint density at radius 2 is 0.313 bits per heavy atom. The second kappa shape index (κ2) is 32.6. The van der Waals surface area contributed by atoms with Crippen LogP contribution in [0.25, 0.3) is 156 Å². The lowest BCUT2D eigenvalue weighted by atomic mass is 9.82. The fourth-order valence-electron chi connectivity index (χ4n) is 22.9. The van der Waals surface area contributed by atoms with Crippen LogP contribution < -0.4 is 9.80 Å². The lowest BCUT2D eigenvalue weighted by molar-refractivity contribution is 0.659. The third-order valence-electron chi connectivity index (χ3n) is 29.7. The van der Waals surface area contributed by atoms with Gasteiger partial charge in [0.1, 0.15) is 0 Å². The van der Waals surface area contributed by atoms with Gasteiger partial charge in [0.15, 0.2) is 0 Å². The molecule has 0 aliphatic heterocycles. The van der Waals surface area contributed by atoms with Gasteiger partial charge in [-0.2, -0.15) is 0 Å². The van der Waals surface area contributed by atoms with Crippen molar-refractivity contribution < 1.29 is 0 Å². The van der Waals surface area contributed by atoms with Crippen molar-refractivity contribution in [2.75, 3.05) is 9.80 Å². The molecule has 0 saturated carbocycles. The topological polar surface area (TPSA) is 16.3 Å². The van der Waals surface area contributed by atoms with Gasteiger partial charge in [-0.1, -0.05) is 432 Å². The maximum Gasteiger partial charge on any atom is 0.0568 e. The molecule has 0 unspecified atom stereocenters. The van der Waals surface area contributed by atoms with E-state index in [-0.39, 0.29) is 21.7 Å². The number of anilines is 6. The maximum absolute atomic E-state index is 2.46. The Morgan fingerprint density at radius 3 is 0.552 bits per heavy atom. The molecule has 0 N–H and O–H groups in total. The van der Waals surface area contributed by atoms with Crippen LogP contribution in [0, 0.1) is 0 Å². The van der Waals surface area contributed by atoms with Crippen molar-refractivity contribution in [2.45, 2.75) is 77.0 Å². The fourth-order valence-corrected chi connectivity index (χ4v) is 22.9. The van der Waals surface area contributed by atoms with E-state index < -0.39 is 0 Å². The Hall–Kier alpha value is -15.9. The zero-order valence-electron chi connectivity index (χ0n) is 77.5. The lowest BCUT2D eigenvalue weighted by Gasteiger charge is -2.30. The number of hydrogen-bond acceptors (Lipinski definition) is 2. The van der Waals surface area contributed by atoms with Crippen LogP contribution in [0.4, 0.5) is 34.1 Å². The number of hydrogen-bond donors (Lipinski definition) is 0. The van der Waals surface area contributed by atoms with Crippen LogP contribution in [0.2, 0.25) is 0 Å². The van der Waals surface area contributed by atoms with Gasteiger partial charge in [0, 0.05) is 92.1 Å². The van der Waals surface area contributed by atoms with E-state index in [1.807, 2.05) is 0 Å². The molecule has 4 heteroatoms. The third-order valence-corrected chi connectivity index (χ3v) is 29.7. The fraction of sp³-hybridized carbons (Fsp3) is 0.108. The normalized spacial score (nSPS) is 13.7. The second-order valence-corrected chi connectivity index (χ2v) is 38.7. The number of nitrogens with zero attached hydrogens (tertiary/aromatic N) is 4. The van der Waals surface area contributed by atoms with Crippen molar-refractivity contribution in [1.82, 2.24) is 9.13 Å². The minimum absolute atomic E-state index is 0.112. The summed E-state index contributed by atoms with van der Waals surface area (Å²) in [7, 11) is 4.43. The van der Waals surface area contributed by atoms with E-state index in [1.54, 1.807) is 0 Å². The van der Waals surface area contributed by atoms with Gasteiger partial charge in [-0.3, -0.25) is 0 Å². The van der Waals surface area contributed by atoms with Crippen LogP contribution in [-0.2, 0) is 35.8 Å². The minimum atomic E-state index is -0.113. The van der Waals surface area contributed by atoms with E-state index in [4.69, 9.17) is 0 Å². The molecule has 0 atom stereocenters. The summed E-state index contributed by atoms with van der Waals surface area (Å²) in [5.74, 6) is 0. The number of fused-ring (bicyclic) bond motifs is 12. The summed E-state index contributed by atoms with van der Waals surface area (Å²) in [4.78, 5) is 4.92. The minimum Gasteiger partial charge on any atom is -0.343 e. The molecule has 0 fully saturated rings. The van der Waals surface area contributed by atoms with Gasteiger partial charge < -0.3 is 18.9 Å². The van der Waals surface area contributed by atoms with Crippen LogP contribution in [0.3, 0.4) is 0 Å². The van der Waals surface area contributed by atoms with E-state index in [9.17, 15) is 0 Å². The molecule has 0 saturated heterocycles. The summed E-state index contributed by atoms with van der Waals surface area (Å²) >= 11 is 0. The van der Waals surface area contributed by atoms with Crippen molar-refractivity contribution in [3.05, 3.63) is 493 Å². The van der Waals surface area contributed by atoms with Gasteiger partial charge in [-0.25, -0.2) is 0 Å². The first kappa shape index (κ1) is 82.5. The molecule has 18 aromatic carbocycles. The summed E-state index contributed by atoms with van der Waals surface area (Å²) < 4.78 is 4.79. The summed E-state index contributed by atoms with van der Waals surface area (Å²) in [5, 5.41) is 0. The monoisotopic (exact) mass is 1720 g/mol. The van der Waals surface area contributed by atoms with Crippen molar-refractivity contribution >= 4 is 34.1 Å². The van der Waals surface area contributed by atoms with Gasteiger partial charge in [-0.15, -0.1) is 0 Å². The third kappa shape index (κ3) is 13.6.